The predicted octanol–water partition coefficient (Wildman–Crippen LogP) is 2.96. The van der Waals surface area contributed by atoms with Crippen LogP contribution in [0.25, 0.3) is 0 Å². The summed E-state index contributed by atoms with van der Waals surface area (Å²) in [7, 11) is 0. The van der Waals surface area contributed by atoms with Crippen LogP contribution in [0.5, 0.6) is 0 Å². The smallest absolute Gasteiger partial charge is 0.205 e. The Kier molecular flexibility index (Phi) is 4.01. The Labute approximate surface area is 122 Å². The van der Waals surface area contributed by atoms with Crippen LogP contribution < -0.4 is 10.2 Å². The number of piperidine rings is 1. The van der Waals surface area contributed by atoms with Crippen molar-refractivity contribution in [1.29, 1.82) is 0 Å². The fraction of sp³-hybridized carbons (Fsp3) is 0.812. The average molecular weight is 276 g/mol. The number of imidazole rings is 1. The summed E-state index contributed by atoms with van der Waals surface area (Å²) in [6.07, 6.45) is 10.5. The monoisotopic (exact) mass is 276 g/mol. The van der Waals surface area contributed by atoms with E-state index in [1.54, 1.807) is 0 Å². The molecule has 20 heavy (non-hydrogen) atoms. The maximum atomic E-state index is 4.67. The molecule has 2 aliphatic rings. The lowest BCUT2D eigenvalue weighted by atomic mass is 9.98. The first-order chi connectivity index (χ1) is 9.69. The highest BCUT2D eigenvalue weighted by molar-refractivity contribution is 5.34. The third-order valence-electron chi connectivity index (χ3n) is 4.81. The van der Waals surface area contributed by atoms with Gasteiger partial charge in [-0.3, -0.25) is 0 Å². The van der Waals surface area contributed by atoms with E-state index in [0.29, 0.717) is 12.1 Å². The molecular weight excluding hydrogens is 248 g/mol. The van der Waals surface area contributed by atoms with Gasteiger partial charge >= 0.3 is 0 Å². The standard InChI is InChI=1S/C16H28N4/c1-4-8-20(16-17-7-9-19(16)12(2)3)15-10-13-5-6-14(11-15)18-13/h7,9,12-15,18H,4-6,8,10-11H2,1-3H3. The van der Waals surface area contributed by atoms with Gasteiger partial charge in [0.25, 0.3) is 0 Å². The molecule has 4 nitrogen and oxygen atoms in total. The second-order valence-corrected chi connectivity index (χ2v) is 6.68. The molecule has 3 rings (SSSR count). The van der Waals surface area contributed by atoms with Crippen LogP contribution in [-0.4, -0.2) is 34.2 Å². The maximum Gasteiger partial charge on any atom is 0.205 e. The number of aromatic nitrogens is 2. The van der Waals surface area contributed by atoms with Crippen molar-refractivity contribution in [1.82, 2.24) is 14.9 Å². The molecule has 0 aliphatic carbocycles. The second-order valence-electron chi connectivity index (χ2n) is 6.68. The summed E-state index contributed by atoms with van der Waals surface area (Å²) in [6, 6.07) is 2.61. The van der Waals surface area contributed by atoms with E-state index in [1.165, 1.54) is 38.1 Å². The van der Waals surface area contributed by atoms with E-state index in [0.717, 1.165) is 18.6 Å². The zero-order valence-electron chi connectivity index (χ0n) is 13.0. The summed E-state index contributed by atoms with van der Waals surface area (Å²) >= 11 is 0. The third-order valence-corrected chi connectivity index (χ3v) is 4.81. The Morgan fingerprint density at radius 1 is 1.35 bits per heavy atom. The molecule has 0 radical (unpaired) electrons. The lowest BCUT2D eigenvalue weighted by Crippen LogP contribution is -2.49. The Morgan fingerprint density at radius 3 is 2.65 bits per heavy atom. The van der Waals surface area contributed by atoms with Gasteiger partial charge < -0.3 is 14.8 Å². The topological polar surface area (TPSA) is 33.1 Å². The van der Waals surface area contributed by atoms with Crippen molar-refractivity contribution in [3.63, 3.8) is 0 Å². The first-order valence-electron chi connectivity index (χ1n) is 8.24. The molecule has 112 valence electrons. The SMILES string of the molecule is CCCN(c1nccn1C(C)C)C1CC2CCC(C1)N2. The van der Waals surface area contributed by atoms with Crippen LogP contribution in [0.3, 0.4) is 0 Å². The molecule has 0 aromatic carbocycles. The second kappa shape index (κ2) is 5.76. The van der Waals surface area contributed by atoms with Crippen LogP contribution in [0, 0.1) is 0 Å². The average Bonchev–Trinajstić information content (AvgIpc) is 3.02. The summed E-state index contributed by atoms with van der Waals surface area (Å²) in [6.45, 7) is 7.86. The highest BCUT2D eigenvalue weighted by Crippen LogP contribution is 2.32. The number of rotatable bonds is 5. The Hall–Kier alpha value is -1.03. The normalized spacial score (nSPS) is 29.1. The molecule has 0 spiro atoms. The Balaban J connectivity index is 1.83. The number of nitrogens with one attached hydrogen (secondary N) is 1. The summed E-state index contributed by atoms with van der Waals surface area (Å²) in [4.78, 5) is 7.25. The molecule has 2 aliphatic heterocycles. The fourth-order valence-corrected chi connectivity index (χ4v) is 3.90. The Bertz CT molecular complexity index is 427. The van der Waals surface area contributed by atoms with Crippen LogP contribution in [0.4, 0.5) is 5.95 Å². The molecule has 1 N–H and O–H groups in total. The molecule has 1 aromatic heterocycles. The van der Waals surface area contributed by atoms with Gasteiger partial charge in [0.2, 0.25) is 5.95 Å². The van der Waals surface area contributed by atoms with Crippen LogP contribution in [-0.2, 0) is 0 Å². The molecule has 2 fully saturated rings. The molecule has 2 saturated heterocycles. The van der Waals surface area contributed by atoms with Crippen molar-refractivity contribution < 1.29 is 0 Å². The van der Waals surface area contributed by atoms with Crippen molar-refractivity contribution in [2.45, 2.75) is 77.0 Å². The van der Waals surface area contributed by atoms with E-state index < -0.39 is 0 Å². The summed E-state index contributed by atoms with van der Waals surface area (Å²) in [5, 5.41) is 3.75. The summed E-state index contributed by atoms with van der Waals surface area (Å²) in [5.74, 6) is 1.17. The molecule has 4 heteroatoms. The number of nitrogens with zero attached hydrogens (tertiary/aromatic N) is 3. The van der Waals surface area contributed by atoms with Crippen LogP contribution in [0.15, 0.2) is 12.4 Å². The quantitative estimate of drug-likeness (QED) is 0.897. The predicted molar refractivity (Wildman–Crippen MR) is 83.2 cm³/mol. The number of hydrogen-bond donors (Lipinski definition) is 1. The lowest BCUT2D eigenvalue weighted by molar-refractivity contribution is 0.341. The van der Waals surface area contributed by atoms with Gasteiger partial charge in [0.15, 0.2) is 0 Å². The van der Waals surface area contributed by atoms with Gasteiger partial charge in [-0.05, 0) is 46.0 Å². The summed E-state index contributed by atoms with van der Waals surface area (Å²) < 4.78 is 2.32. The van der Waals surface area contributed by atoms with Gasteiger partial charge in [-0.2, -0.15) is 0 Å². The van der Waals surface area contributed by atoms with Crippen LogP contribution in [0.1, 0.15) is 58.9 Å². The lowest BCUT2D eigenvalue weighted by Gasteiger charge is -2.39. The van der Waals surface area contributed by atoms with Gasteiger partial charge in [0.05, 0.1) is 0 Å². The molecule has 2 bridgehead atoms. The molecule has 0 amide bonds. The molecule has 2 unspecified atom stereocenters. The van der Waals surface area contributed by atoms with Gasteiger partial charge in [0, 0.05) is 43.1 Å². The van der Waals surface area contributed by atoms with Gasteiger partial charge in [-0.15, -0.1) is 0 Å². The number of fused-ring (bicyclic) bond motifs is 2. The van der Waals surface area contributed by atoms with Crippen molar-refractivity contribution >= 4 is 5.95 Å². The minimum Gasteiger partial charge on any atom is -0.339 e. The van der Waals surface area contributed by atoms with E-state index in [9.17, 15) is 0 Å². The van der Waals surface area contributed by atoms with Crippen molar-refractivity contribution in [2.75, 3.05) is 11.4 Å². The third kappa shape index (κ3) is 2.58. The zero-order valence-corrected chi connectivity index (χ0v) is 13.0. The van der Waals surface area contributed by atoms with E-state index in [4.69, 9.17) is 0 Å². The fourth-order valence-electron chi connectivity index (χ4n) is 3.90. The summed E-state index contributed by atoms with van der Waals surface area (Å²) in [5.41, 5.74) is 0. The van der Waals surface area contributed by atoms with Gasteiger partial charge in [-0.1, -0.05) is 6.92 Å². The van der Waals surface area contributed by atoms with E-state index in [1.807, 2.05) is 6.20 Å². The first-order valence-corrected chi connectivity index (χ1v) is 8.24. The first kappa shape index (κ1) is 13.9. The molecule has 1 aromatic rings. The number of hydrogen-bond acceptors (Lipinski definition) is 3. The van der Waals surface area contributed by atoms with E-state index in [2.05, 4.69) is 46.7 Å². The minimum atomic E-state index is 0.477. The molecule has 0 saturated carbocycles. The zero-order chi connectivity index (χ0) is 14.1. The highest BCUT2D eigenvalue weighted by Gasteiger charge is 2.36. The molecular formula is C16H28N4. The maximum absolute atomic E-state index is 4.67. The highest BCUT2D eigenvalue weighted by atomic mass is 15.3. The number of anilines is 1. The van der Waals surface area contributed by atoms with Crippen LogP contribution >= 0.6 is 0 Å². The minimum absolute atomic E-state index is 0.477. The van der Waals surface area contributed by atoms with Gasteiger partial charge in [0.1, 0.15) is 0 Å². The van der Waals surface area contributed by atoms with E-state index in [-0.39, 0.29) is 0 Å². The van der Waals surface area contributed by atoms with Crippen LogP contribution in [0.2, 0.25) is 0 Å². The van der Waals surface area contributed by atoms with Crippen molar-refractivity contribution in [2.24, 2.45) is 0 Å². The van der Waals surface area contributed by atoms with Gasteiger partial charge in [-0.25, -0.2) is 4.98 Å². The Morgan fingerprint density at radius 2 is 2.05 bits per heavy atom. The van der Waals surface area contributed by atoms with E-state index >= 15 is 0 Å². The van der Waals surface area contributed by atoms with Crippen molar-refractivity contribution in [3.05, 3.63) is 12.4 Å². The molecule has 2 atom stereocenters. The largest absolute Gasteiger partial charge is 0.339 e. The molecule has 3 heterocycles. The van der Waals surface area contributed by atoms with Crippen molar-refractivity contribution in [3.8, 4) is 0 Å².